The van der Waals surface area contributed by atoms with Crippen molar-refractivity contribution in [1.82, 2.24) is 4.57 Å². The molecular formula is C19H22N2O6. The Hall–Kier alpha value is -3.03. The van der Waals surface area contributed by atoms with E-state index in [0.717, 1.165) is 0 Å². The second-order valence-electron chi connectivity index (χ2n) is 7.17. The van der Waals surface area contributed by atoms with Gasteiger partial charge in [0.1, 0.15) is 23.1 Å². The molecule has 3 rings (SSSR count). The first kappa shape index (κ1) is 18.8. The molecule has 1 N–H and O–H groups in total. The molecule has 0 saturated carbocycles. The SMILES string of the molecule is Cc1c(C)[n+]([O-])c([C@@H](c2ccc(O)cc2)C2C(=O)OC(C)(C)OC2=O)n1C. The van der Waals surface area contributed by atoms with E-state index < -0.39 is 29.6 Å². The molecule has 0 aliphatic carbocycles. The van der Waals surface area contributed by atoms with Gasteiger partial charge in [0.15, 0.2) is 5.92 Å². The lowest BCUT2D eigenvalue weighted by Crippen LogP contribution is -2.50. The molecule has 1 atom stereocenters. The van der Waals surface area contributed by atoms with E-state index in [4.69, 9.17) is 9.47 Å². The summed E-state index contributed by atoms with van der Waals surface area (Å²) in [5, 5.41) is 22.4. The molecule has 0 unspecified atom stereocenters. The van der Waals surface area contributed by atoms with Gasteiger partial charge in [0, 0.05) is 27.7 Å². The minimum absolute atomic E-state index is 0.0293. The first-order valence-electron chi connectivity index (χ1n) is 8.53. The van der Waals surface area contributed by atoms with E-state index in [0.29, 0.717) is 21.7 Å². The average molecular weight is 374 g/mol. The second kappa shape index (κ2) is 6.29. The maximum Gasteiger partial charge on any atom is 0.324 e. The average Bonchev–Trinajstić information content (AvgIpc) is 2.75. The van der Waals surface area contributed by atoms with Crippen LogP contribution in [0.2, 0.25) is 0 Å². The number of phenolic OH excluding ortho intramolecular Hbond substituents is 1. The molecular weight excluding hydrogens is 352 g/mol. The van der Waals surface area contributed by atoms with E-state index in [1.54, 1.807) is 37.6 Å². The first-order chi connectivity index (χ1) is 12.5. The zero-order valence-corrected chi connectivity index (χ0v) is 15.8. The van der Waals surface area contributed by atoms with Crippen LogP contribution in [0.1, 0.15) is 42.5 Å². The third-order valence-electron chi connectivity index (χ3n) is 4.95. The summed E-state index contributed by atoms with van der Waals surface area (Å²) >= 11 is 0. The molecule has 1 saturated heterocycles. The molecule has 1 aliphatic rings. The fourth-order valence-corrected chi connectivity index (χ4v) is 3.38. The van der Waals surface area contributed by atoms with Crippen molar-refractivity contribution in [2.45, 2.75) is 39.4 Å². The monoisotopic (exact) mass is 374 g/mol. The fourth-order valence-electron chi connectivity index (χ4n) is 3.38. The Morgan fingerprint density at radius 1 is 1.15 bits per heavy atom. The normalized spacial score (nSPS) is 18.1. The number of rotatable bonds is 3. The van der Waals surface area contributed by atoms with Crippen molar-refractivity contribution in [1.29, 1.82) is 0 Å². The van der Waals surface area contributed by atoms with Crippen LogP contribution in [0.5, 0.6) is 5.75 Å². The summed E-state index contributed by atoms with van der Waals surface area (Å²) in [6, 6.07) is 6.00. The number of phenols is 1. The lowest BCUT2D eigenvalue weighted by Gasteiger charge is -2.35. The lowest BCUT2D eigenvalue weighted by molar-refractivity contribution is -0.621. The van der Waals surface area contributed by atoms with E-state index in [9.17, 15) is 19.9 Å². The molecule has 0 bridgehead atoms. The maximum atomic E-state index is 12.8. The standard InChI is InChI=1S/C19H22N2O6/c1-10-11(2)21(25)16(20(10)5)14(12-6-8-13(22)9-7-12)15-17(23)26-19(3,4)27-18(15)24/h6-9,14-15,22H,1-5H3/t14-/m0/s1. The van der Waals surface area contributed by atoms with Crippen molar-refractivity contribution in [3.63, 3.8) is 0 Å². The second-order valence-corrected chi connectivity index (χ2v) is 7.17. The molecule has 0 spiro atoms. The number of esters is 2. The van der Waals surface area contributed by atoms with Gasteiger partial charge in [0.05, 0.1) is 7.05 Å². The van der Waals surface area contributed by atoms with Crippen molar-refractivity contribution >= 4 is 11.9 Å². The third-order valence-corrected chi connectivity index (χ3v) is 4.95. The number of cyclic esters (lactones) is 2. The highest BCUT2D eigenvalue weighted by atomic mass is 16.7. The van der Waals surface area contributed by atoms with Crippen molar-refractivity contribution in [2.24, 2.45) is 13.0 Å². The van der Waals surface area contributed by atoms with Crippen LogP contribution in [0.3, 0.4) is 0 Å². The summed E-state index contributed by atoms with van der Waals surface area (Å²) in [6.45, 7) is 6.39. The van der Waals surface area contributed by atoms with E-state index in [-0.39, 0.29) is 11.6 Å². The van der Waals surface area contributed by atoms with Gasteiger partial charge in [-0.3, -0.25) is 9.59 Å². The highest BCUT2D eigenvalue weighted by Gasteiger charge is 2.51. The number of ether oxygens (including phenoxy) is 2. The molecule has 8 nitrogen and oxygen atoms in total. The number of hydrogen-bond acceptors (Lipinski definition) is 6. The van der Waals surface area contributed by atoms with Crippen LogP contribution in [0.25, 0.3) is 0 Å². The number of hydrogen-bond donors (Lipinski definition) is 1. The Balaban J connectivity index is 2.21. The van der Waals surface area contributed by atoms with Crippen molar-refractivity contribution in [3.8, 4) is 5.75 Å². The van der Waals surface area contributed by atoms with Crippen LogP contribution < -0.4 is 4.73 Å². The number of nitrogens with zero attached hydrogens (tertiary/aromatic N) is 2. The molecule has 1 aliphatic heterocycles. The predicted octanol–water partition coefficient (Wildman–Crippen LogP) is 1.57. The molecule has 0 amide bonds. The van der Waals surface area contributed by atoms with Gasteiger partial charge in [-0.1, -0.05) is 12.1 Å². The zero-order valence-electron chi connectivity index (χ0n) is 15.8. The molecule has 1 fully saturated rings. The van der Waals surface area contributed by atoms with E-state index in [2.05, 4.69) is 0 Å². The van der Waals surface area contributed by atoms with Gasteiger partial charge in [-0.2, -0.15) is 0 Å². The van der Waals surface area contributed by atoms with E-state index >= 15 is 0 Å². The molecule has 27 heavy (non-hydrogen) atoms. The summed E-state index contributed by atoms with van der Waals surface area (Å²) in [6.07, 6.45) is 0. The lowest BCUT2D eigenvalue weighted by atomic mass is 9.84. The Morgan fingerprint density at radius 2 is 1.67 bits per heavy atom. The van der Waals surface area contributed by atoms with Gasteiger partial charge in [-0.15, -0.1) is 0 Å². The third kappa shape index (κ3) is 3.11. The molecule has 2 heterocycles. The quantitative estimate of drug-likeness (QED) is 0.378. The van der Waals surface area contributed by atoms with Gasteiger partial charge in [-0.25, -0.2) is 9.30 Å². The topological polar surface area (TPSA) is 105 Å². The molecule has 0 radical (unpaired) electrons. The Bertz CT molecular complexity index is 868. The highest BCUT2D eigenvalue weighted by Crippen LogP contribution is 2.38. The number of carbonyl (C=O) groups excluding carboxylic acids is 2. The summed E-state index contributed by atoms with van der Waals surface area (Å²) in [4.78, 5) is 25.4. The van der Waals surface area contributed by atoms with Crippen molar-refractivity contribution in [3.05, 3.63) is 52.2 Å². The minimum Gasteiger partial charge on any atom is -0.711 e. The van der Waals surface area contributed by atoms with Crippen LogP contribution in [-0.2, 0) is 26.1 Å². The molecule has 2 aromatic rings. The minimum atomic E-state index is -1.36. The highest BCUT2D eigenvalue weighted by molar-refractivity contribution is 5.98. The van der Waals surface area contributed by atoms with Crippen LogP contribution >= 0.6 is 0 Å². The smallest absolute Gasteiger partial charge is 0.324 e. The van der Waals surface area contributed by atoms with E-state index in [1.165, 1.54) is 26.0 Å². The summed E-state index contributed by atoms with van der Waals surface area (Å²) in [5.74, 6) is -4.91. The van der Waals surface area contributed by atoms with Gasteiger partial charge in [0.2, 0.25) is 0 Å². The fraction of sp³-hybridized carbons (Fsp3) is 0.421. The number of imidazole rings is 1. The van der Waals surface area contributed by atoms with Gasteiger partial charge >= 0.3 is 11.9 Å². The van der Waals surface area contributed by atoms with Gasteiger partial charge in [-0.05, 0) is 17.7 Å². The molecule has 8 heteroatoms. The number of aromatic nitrogens is 2. The number of aromatic hydroxyl groups is 1. The van der Waals surface area contributed by atoms with Gasteiger partial charge in [0.25, 0.3) is 11.6 Å². The Morgan fingerprint density at radius 3 is 2.11 bits per heavy atom. The zero-order chi connectivity index (χ0) is 20.1. The Kier molecular flexibility index (Phi) is 4.37. The summed E-state index contributed by atoms with van der Waals surface area (Å²) < 4.78 is 12.9. The first-order valence-corrected chi connectivity index (χ1v) is 8.53. The van der Waals surface area contributed by atoms with Crippen LogP contribution in [0.15, 0.2) is 24.3 Å². The van der Waals surface area contributed by atoms with Crippen molar-refractivity contribution < 1.29 is 28.9 Å². The van der Waals surface area contributed by atoms with Gasteiger partial charge < -0.3 is 19.8 Å². The summed E-state index contributed by atoms with van der Waals surface area (Å²) in [7, 11) is 1.70. The van der Waals surface area contributed by atoms with Crippen LogP contribution in [-0.4, -0.2) is 27.4 Å². The molecule has 1 aromatic heterocycles. The van der Waals surface area contributed by atoms with E-state index in [1.807, 2.05) is 0 Å². The van der Waals surface area contributed by atoms with Crippen LogP contribution in [0.4, 0.5) is 0 Å². The predicted molar refractivity (Wildman–Crippen MR) is 93.5 cm³/mol. The maximum absolute atomic E-state index is 12.8. The molecule has 1 aromatic carbocycles. The summed E-state index contributed by atoms with van der Waals surface area (Å²) in [5.41, 5.74) is 1.69. The number of benzene rings is 1. The molecule has 144 valence electrons. The number of carbonyl (C=O) groups is 2. The largest absolute Gasteiger partial charge is 0.711 e. The van der Waals surface area contributed by atoms with Crippen molar-refractivity contribution in [2.75, 3.05) is 0 Å². The Labute approximate surface area is 156 Å². The van der Waals surface area contributed by atoms with Crippen LogP contribution in [0, 0.1) is 25.0 Å².